The van der Waals surface area contributed by atoms with Crippen LogP contribution in [0, 0.1) is 5.41 Å². The third-order valence-corrected chi connectivity index (χ3v) is 2.82. The van der Waals surface area contributed by atoms with Gasteiger partial charge in [0.25, 0.3) is 5.56 Å². The molecule has 0 aliphatic carbocycles. The molecule has 0 aliphatic heterocycles. The predicted molar refractivity (Wildman–Crippen MR) is 63.8 cm³/mol. The SMILES string of the molecule is CC(C)(CCCCn1cnccc1=O)C(=O)O. The minimum absolute atomic E-state index is 0.0718. The summed E-state index contributed by atoms with van der Waals surface area (Å²) >= 11 is 0. The molecular weight excluding hydrogens is 220 g/mol. The van der Waals surface area contributed by atoms with Gasteiger partial charge in [-0.2, -0.15) is 0 Å². The molecule has 94 valence electrons. The van der Waals surface area contributed by atoms with E-state index in [0.717, 1.165) is 12.8 Å². The number of aryl methyl sites for hydroxylation is 1. The van der Waals surface area contributed by atoms with Gasteiger partial charge in [0.2, 0.25) is 0 Å². The van der Waals surface area contributed by atoms with Crippen molar-refractivity contribution in [1.82, 2.24) is 9.55 Å². The van der Waals surface area contributed by atoms with Gasteiger partial charge in [0.1, 0.15) is 0 Å². The Labute approximate surface area is 100 Å². The first-order valence-electron chi connectivity index (χ1n) is 5.67. The van der Waals surface area contributed by atoms with E-state index in [1.54, 1.807) is 13.8 Å². The molecule has 0 aromatic carbocycles. The molecule has 0 radical (unpaired) electrons. The molecular formula is C12H18N2O3. The maximum absolute atomic E-state index is 11.3. The maximum Gasteiger partial charge on any atom is 0.309 e. The third kappa shape index (κ3) is 4.01. The fourth-order valence-corrected chi connectivity index (χ4v) is 1.50. The van der Waals surface area contributed by atoms with Gasteiger partial charge in [0.15, 0.2) is 0 Å². The molecule has 1 N–H and O–H groups in total. The third-order valence-electron chi connectivity index (χ3n) is 2.82. The summed E-state index contributed by atoms with van der Waals surface area (Å²) in [5, 5.41) is 8.94. The number of carboxylic acid groups (broad SMARTS) is 1. The topological polar surface area (TPSA) is 72.2 Å². The minimum Gasteiger partial charge on any atom is -0.481 e. The van der Waals surface area contributed by atoms with Crippen LogP contribution in [0.15, 0.2) is 23.4 Å². The number of rotatable bonds is 6. The van der Waals surface area contributed by atoms with E-state index in [9.17, 15) is 9.59 Å². The van der Waals surface area contributed by atoms with Gasteiger partial charge in [-0.3, -0.25) is 14.2 Å². The number of nitrogens with zero attached hydrogens (tertiary/aromatic N) is 2. The normalized spacial score (nSPS) is 11.4. The average Bonchev–Trinajstić information content (AvgIpc) is 2.26. The molecule has 1 heterocycles. The van der Waals surface area contributed by atoms with Crippen LogP contribution in [0.2, 0.25) is 0 Å². The molecule has 17 heavy (non-hydrogen) atoms. The van der Waals surface area contributed by atoms with Gasteiger partial charge in [-0.1, -0.05) is 6.42 Å². The lowest BCUT2D eigenvalue weighted by Gasteiger charge is -2.18. The number of hydrogen-bond donors (Lipinski definition) is 1. The Kier molecular flexibility index (Phi) is 4.43. The molecule has 1 aromatic heterocycles. The zero-order valence-electron chi connectivity index (χ0n) is 10.2. The second-order valence-electron chi connectivity index (χ2n) is 4.76. The van der Waals surface area contributed by atoms with Crippen LogP contribution in [-0.2, 0) is 11.3 Å². The van der Waals surface area contributed by atoms with Crippen molar-refractivity contribution in [3.05, 3.63) is 28.9 Å². The molecule has 0 amide bonds. The van der Waals surface area contributed by atoms with Gasteiger partial charge >= 0.3 is 5.97 Å². The van der Waals surface area contributed by atoms with Gasteiger partial charge in [-0.25, -0.2) is 4.98 Å². The van der Waals surface area contributed by atoms with Crippen LogP contribution >= 0.6 is 0 Å². The van der Waals surface area contributed by atoms with E-state index in [-0.39, 0.29) is 5.56 Å². The summed E-state index contributed by atoms with van der Waals surface area (Å²) in [5.41, 5.74) is -0.766. The summed E-state index contributed by atoms with van der Waals surface area (Å²) < 4.78 is 1.54. The lowest BCUT2D eigenvalue weighted by Crippen LogP contribution is -2.24. The Hall–Kier alpha value is -1.65. The van der Waals surface area contributed by atoms with Crippen molar-refractivity contribution in [2.75, 3.05) is 0 Å². The lowest BCUT2D eigenvalue weighted by atomic mass is 9.87. The predicted octanol–water partition coefficient (Wildman–Crippen LogP) is 1.52. The van der Waals surface area contributed by atoms with Gasteiger partial charge in [0.05, 0.1) is 11.7 Å². The maximum atomic E-state index is 11.3. The van der Waals surface area contributed by atoms with Crippen molar-refractivity contribution in [2.24, 2.45) is 5.41 Å². The molecule has 0 aliphatic rings. The van der Waals surface area contributed by atoms with Crippen LogP contribution in [-0.4, -0.2) is 20.6 Å². The van der Waals surface area contributed by atoms with Crippen LogP contribution in [0.4, 0.5) is 0 Å². The Morgan fingerprint density at radius 3 is 2.76 bits per heavy atom. The van der Waals surface area contributed by atoms with Crippen LogP contribution in [0.25, 0.3) is 0 Å². The Morgan fingerprint density at radius 1 is 1.47 bits per heavy atom. The van der Waals surface area contributed by atoms with Crippen LogP contribution in [0.1, 0.15) is 33.1 Å². The van der Waals surface area contributed by atoms with Crippen molar-refractivity contribution in [3.63, 3.8) is 0 Å². The lowest BCUT2D eigenvalue weighted by molar-refractivity contribution is -0.147. The summed E-state index contributed by atoms with van der Waals surface area (Å²) in [6.07, 6.45) is 5.14. The zero-order valence-corrected chi connectivity index (χ0v) is 10.2. The minimum atomic E-state index is -0.781. The molecule has 5 heteroatoms. The molecule has 0 saturated carbocycles. The van der Waals surface area contributed by atoms with Crippen LogP contribution in [0.3, 0.4) is 0 Å². The molecule has 1 rings (SSSR count). The number of carbonyl (C=O) groups is 1. The van der Waals surface area contributed by atoms with Crippen molar-refractivity contribution >= 4 is 5.97 Å². The number of unbranched alkanes of at least 4 members (excludes halogenated alkanes) is 1. The largest absolute Gasteiger partial charge is 0.481 e. The van der Waals surface area contributed by atoms with E-state index in [0.29, 0.717) is 13.0 Å². The van der Waals surface area contributed by atoms with Crippen molar-refractivity contribution in [2.45, 2.75) is 39.7 Å². The van der Waals surface area contributed by atoms with Crippen molar-refractivity contribution in [3.8, 4) is 0 Å². The van der Waals surface area contributed by atoms with E-state index in [2.05, 4.69) is 4.98 Å². The van der Waals surface area contributed by atoms with E-state index in [1.165, 1.54) is 23.2 Å². The number of aromatic nitrogens is 2. The highest BCUT2D eigenvalue weighted by molar-refractivity contribution is 5.73. The second kappa shape index (κ2) is 5.61. The Balaban J connectivity index is 2.37. The molecule has 0 unspecified atom stereocenters. The van der Waals surface area contributed by atoms with Crippen LogP contribution < -0.4 is 5.56 Å². The highest BCUT2D eigenvalue weighted by Crippen LogP contribution is 2.23. The van der Waals surface area contributed by atoms with E-state index in [4.69, 9.17) is 5.11 Å². The average molecular weight is 238 g/mol. The molecule has 0 saturated heterocycles. The molecule has 0 atom stereocenters. The fourth-order valence-electron chi connectivity index (χ4n) is 1.50. The molecule has 5 nitrogen and oxygen atoms in total. The van der Waals surface area contributed by atoms with Crippen LogP contribution in [0.5, 0.6) is 0 Å². The van der Waals surface area contributed by atoms with E-state index < -0.39 is 11.4 Å². The number of aliphatic carboxylic acids is 1. The molecule has 0 spiro atoms. The first-order chi connectivity index (χ1) is 7.93. The highest BCUT2D eigenvalue weighted by atomic mass is 16.4. The van der Waals surface area contributed by atoms with E-state index >= 15 is 0 Å². The second-order valence-corrected chi connectivity index (χ2v) is 4.76. The summed E-state index contributed by atoms with van der Waals surface area (Å²) in [7, 11) is 0. The monoisotopic (exact) mass is 238 g/mol. The Bertz CT molecular complexity index is 437. The van der Waals surface area contributed by atoms with Crippen molar-refractivity contribution in [1.29, 1.82) is 0 Å². The summed E-state index contributed by atoms with van der Waals surface area (Å²) in [6, 6.07) is 1.42. The molecule has 1 aromatic rings. The highest BCUT2D eigenvalue weighted by Gasteiger charge is 2.25. The van der Waals surface area contributed by atoms with Gasteiger partial charge in [-0.05, 0) is 26.7 Å². The Morgan fingerprint density at radius 2 is 2.18 bits per heavy atom. The standard InChI is InChI=1S/C12H18N2O3/c1-12(2,11(16)17)6-3-4-8-14-9-13-7-5-10(14)15/h5,7,9H,3-4,6,8H2,1-2H3,(H,16,17). The van der Waals surface area contributed by atoms with Gasteiger partial charge in [-0.15, -0.1) is 0 Å². The molecule has 0 fully saturated rings. The van der Waals surface area contributed by atoms with Crippen molar-refractivity contribution < 1.29 is 9.90 Å². The first kappa shape index (κ1) is 13.4. The quantitative estimate of drug-likeness (QED) is 0.763. The van der Waals surface area contributed by atoms with Gasteiger partial charge < -0.3 is 5.11 Å². The molecule has 0 bridgehead atoms. The van der Waals surface area contributed by atoms with E-state index in [1.807, 2.05) is 0 Å². The fraction of sp³-hybridized carbons (Fsp3) is 0.583. The number of hydrogen-bond acceptors (Lipinski definition) is 3. The summed E-state index contributed by atoms with van der Waals surface area (Å²) in [5.74, 6) is -0.781. The van der Waals surface area contributed by atoms with Gasteiger partial charge in [0, 0.05) is 18.8 Å². The zero-order chi connectivity index (χ0) is 12.9. The first-order valence-corrected chi connectivity index (χ1v) is 5.67. The summed E-state index contributed by atoms with van der Waals surface area (Å²) in [6.45, 7) is 4.01. The number of carboxylic acids is 1. The smallest absolute Gasteiger partial charge is 0.309 e. The summed E-state index contributed by atoms with van der Waals surface area (Å²) in [4.78, 5) is 26.1.